The molecule has 7 fully saturated rings. The van der Waals surface area contributed by atoms with Crippen LogP contribution in [-0.4, -0.2) is 179 Å². The Morgan fingerprint density at radius 1 is 0.629 bits per heavy atom. The van der Waals surface area contributed by atoms with Crippen LogP contribution in [-0.2, 0) is 52.7 Å². The van der Waals surface area contributed by atoms with E-state index in [2.05, 4.69) is 10.5 Å². The van der Waals surface area contributed by atoms with Gasteiger partial charge in [-0.25, -0.2) is 4.79 Å². The number of thioether (sulfide) groups is 3. The molecule has 11 rings (SSSR count). The molecular weight excluding hydrogens is 1220 g/mol. The highest BCUT2D eigenvalue weighted by atomic mass is 32.2. The topological polar surface area (TPSA) is 296 Å². The van der Waals surface area contributed by atoms with Crippen molar-refractivity contribution < 1.29 is 72.0 Å². The molecule has 4 aromatic rings. The molecule has 22 nitrogen and oxygen atoms in total. The molecule has 2 unspecified atom stereocenters. The van der Waals surface area contributed by atoms with E-state index in [-0.39, 0.29) is 99.9 Å². The number of hydrogen-bond donors (Lipinski definition) is 2. The van der Waals surface area contributed by atoms with Crippen molar-refractivity contribution in [3.05, 3.63) is 99.9 Å². The van der Waals surface area contributed by atoms with Crippen molar-refractivity contribution in [2.75, 3.05) is 19.6 Å². The molecule has 7 aliphatic rings. The molecule has 11 atom stereocenters. The lowest BCUT2D eigenvalue weighted by molar-refractivity contribution is -0.159. The lowest BCUT2D eigenvalue weighted by Gasteiger charge is -2.44. The molecule has 26 heteroatoms. The van der Waals surface area contributed by atoms with E-state index >= 15 is 0 Å². The second-order valence-corrected chi connectivity index (χ2v) is 30.8. The van der Waals surface area contributed by atoms with E-state index in [1.165, 1.54) is 60.5 Å². The number of rotatable bonds is 18. The van der Waals surface area contributed by atoms with Gasteiger partial charge in [0, 0.05) is 58.7 Å². The highest BCUT2D eigenvalue weighted by Crippen LogP contribution is 2.57. The number of piperazine rings is 1. The van der Waals surface area contributed by atoms with Crippen LogP contribution in [0.2, 0.25) is 0 Å². The van der Waals surface area contributed by atoms with Crippen LogP contribution in [0.15, 0.2) is 82.0 Å². The summed E-state index contributed by atoms with van der Waals surface area (Å²) >= 11 is 5.95. The number of hydrogen-bond acceptors (Lipinski definition) is 19. The van der Waals surface area contributed by atoms with Crippen molar-refractivity contribution in [3.63, 3.8) is 0 Å². The van der Waals surface area contributed by atoms with E-state index in [4.69, 9.17) is 4.52 Å². The molecule has 89 heavy (non-hydrogen) atoms. The zero-order valence-corrected chi connectivity index (χ0v) is 54.3. The number of carbonyl (C=O) groups excluding carboxylic acids is 12. The van der Waals surface area contributed by atoms with Gasteiger partial charge in [-0.3, -0.25) is 62.4 Å². The first-order chi connectivity index (χ1) is 41.8. The van der Waals surface area contributed by atoms with Crippen LogP contribution in [0.3, 0.4) is 0 Å². The lowest BCUT2D eigenvalue weighted by atomic mass is 9.83. The molecule has 7 amide bonds. The van der Waals surface area contributed by atoms with Gasteiger partial charge in [0.25, 0.3) is 0 Å². The first-order valence-electron chi connectivity index (χ1n) is 29.2. The number of likely N-dealkylation sites (N-methyl/N-ethyl adjacent to an activating group) is 1. The van der Waals surface area contributed by atoms with E-state index in [1.807, 2.05) is 71.9 Å². The Morgan fingerprint density at radius 2 is 1.09 bits per heavy atom. The summed E-state index contributed by atoms with van der Waals surface area (Å²) in [6.45, 7) is 20.1. The summed E-state index contributed by atoms with van der Waals surface area (Å²) < 4.78 is 4.05. The van der Waals surface area contributed by atoms with Crippen molar-refractivity contribution >= 4 is 123 Å². The van der Waals surface area contributed by atoms with Gasteiger partial charge >= 0.3 is 23.8 Å². The summed E-state index contributed by atoms with van der Waals surface area (Å²) in [4.78, 5) is 170. The van der Waals surface area contributed by atoms with Gasteiger partial charge < -0.3 is 34.5 Å². The predicted octanol–water partition coefficient (Wildman–Crippen LogP) is 6.99. The normalized spacial score (nSPS) is 26.3. The second-order valence-electron chi connectivity index (χ2n) is 24.7. The van der Waals surface area contributed by atoms with Crippen LogP contribution in [0.5, 0.6) is 0 Å². The molecule has 7 aliphatic heterocycles. The number of aromatic nitrogens is 1. The van der Waals surface area contributed by atoms with Crippen molar-refractivity contribution in [1.82, 2.24) is 35.0 Å². The third-order valence-electron chi connectivity index (χ3n) is 17.3. The Labute approximate surface area is 531 Å². The minimum absolute atomic E-state index is 0.0145. The number of amides is 7. The minimum atomic E-state index is -1.24. The molecule has 2 N–H and O–H groups in total. The fraction of sp³-hybridized carbons (Fsp3) is 0.492. The molecule has 7 saturated heterocycles. The van der Waals surface area contributed by atoms with E-state index < -0.39 is 86.9 Å². The quantitative estimate of drug-likeness (QED) is 0.0439. The van der Waals surface area contributed by atoms with Crippen LogP contribution in [0.4, 0.5) is 4.79 Å². The number of urea groups is 1. The van der Waals surface area contributed by atoms with Gasteiger partial charge in [0.2, 0.25) is 17.7 Å². The lowest BCUT2D eigenvalue weighted by Crippen LogP contribution is -2.63. The first-order valence-corrected chi connectivity index (χ1v) is 32.8. The van der Waals surface area contributed by atoms with E-state index in [0.29, 0.717) is 34.7 Å². The Bertz CT molecular complexity index is 3560. The monoisotopic (exact) mass is 1290 g/mol. The smallest absolute Gasteiger partial charge is 0.325 e. The molecule has 0 radical (unpaired) electrons. The Hall–Kier alpha value is -7.29. The number of nitrogens with one attached hydrogen (secondary N) is 1. The summed E-state index contributed by atoms with van der Waals surface area (Å²) in [6.07, 6.45) is -0.139. The summed E-state index contributed by atoms with van der Waals surface area (Å²) in [6, 6.07) is 16.2. The summed E-state index contributed by atoms with van der Waals surface area (Å²) in [5.41, 5.74) is 2.70. The van der Waals surface area contributed by atoms with Gasteiger partial charge in [-0.15, -0.1) is 35.3 Å². The number of β-lactam (4-membered cyclic amide) rings is 3. The number of carboxylic acid groups (broad SMARTS) is 1. The van der Waals surface area contributed by atoms with Crippen LogP contribution < -0.4 is 5.32 Å². The predicted molar refractivity (Wildman–Crippen MR) is 332 cm³/mol. The third-order valence-corrected chi connectivity index (χ3v) is 22.9. The molecule has 0 saturated carbocycles. The van der Waals surface area contributed by atoms with Crippen LogP contribution in [0.25, 0.3) is 11.3 Å². The minimum Gasteiger partial charge on any atom is -0.480 e. The number of carbonyl (C=O) groups is 13. The van der Waals surface area contributed by atoms with E-state index in [1.54, 1.807) is 87.5 Å². The molecule has 472 valence electrons. The van der Waals surface area contributed by atoms with E-state index in [9.17, 15) is 67.4 Å². The van der Waals surface area contributed by atoms with Gasteiger partial charge in [-0.2, -0.15) is 11.3 Å². The highest BCUT2D eigenvalue weighted by Gasteiger charge is 2.65. The van der Waals surface area contributed by atoms with Gasteiger partial charge in [-0.1, -0.05) is 65.8 Å². The fourth-order valence-corrected chi connectivity index (χ4v) is 19.3. The average molecular weight is 1290 g/mol. The van der Waals surface area contributed by atoms with E-state index in [0.717, 1.165) is 10.5 Å². The maximum absolute atomic E-state index is 13.5. The number of fused-ring (bicyclic) bond motifs is 3. The SMILES string of the molecule is CC(=O)[C@@H]1N2C(=O)[C@@H](CC(=O)C(C(=O)O)c3ccsc3)[C@H]2SC1(C)C.CC(=O)[C@@H]1N2C(=O)[C@@H](CC(=O)c3c(-c4ccccc4)noc3C)[C@H]2SC1(C)C.CCN1CCN(C(=O)NC(C(=O)C[C@@H]2C(=O)N3[C@@H]2SC(C)(C)[C@@H]3C(C)=O)c2ccccc2)C(=O)C1=O. The Balaban J connectivity index is 0.000000162. The van der Waals surface area contributed by atoms with Gasteiger partial charge in [-0.05, 0) is 104 Å². The summed E-state index contributed by atoms with van der Waals surface area (Å²) in [5.74, 6) is -7.04. The largest absolute Gasteiger partial charge is 0.480 e. The van der Waals surface area contributed by atoms with Crippen LogP contribution >= 0.6 is 46.6 Å². The second kappa shape index (κ2) is 25.5. The van der Waals surface area contributed by atoms with Crippen LogP contribution in [0, 0.1) is 24.7 Å². The third kappa shape index (κ3) is 12.4. The molecule has 9 heterocycles. The molecule has 0 spiro atoms. The molecule has 2 aromatic carbocycles. The van der Waals surface area contributed by atoms with Crippen molar-refractivity contribution in [2.24, 2.45) is 17.8 Å². The number of benzene rings is 2. The zero-order chi connectivity index (χ0) is 65.1. The van der Waals surface area contributed by atoms with Gasteiger partial charge in [0.05, 0.1) is 39.4 Å². The first kappa shape index (κ1) is 66.1. The average Bonchev–Trinajstić information content (AvgIpc) is 1.62. The number of nitrogens with zero attached hydrogens (tertiary/aromatic N) is 6. The molecule has 0 bridgehead atoms. The number of imide groups is 1. The number of thiophene rings is 1. The fourth-order valence-electron chi connectivity index (χ4n) is 13.4. The number of aliphatic carboxylic acids is 1. The maximum atomic E-state index is 13.5. The maximum Gasteiger partial charge on any atom is 0.325 e. The van der Waals surface area contributed by atoms with Crippen molar-refractivity contribution in [3.8, 4) is 11.3 Å². The summed E-state index contributed by atoms with van der Waals surface area (Å²) in [7, 11) is 0. The summed E-state index contributed by atoms with van der Waals surface area (Å²) in [5, 5.41) is 18.8. The molecule has 0 aliphatic carbocycles. The Kier molecular flexibility index (Phi) is 19.0. The van der Waals surface area contributed by atoms with Crippen molar-refractivity contribution in [1.29, 1.82) is 0 Å². The highest BCUT2D eigenvalue weighted by molar-refractivity contribution is 8.02. The number of aryl methyl sites for hydroxylation is 1. The van der Waals surface area contributed by atoms with Gasteiger partial charge in [0.1, 0.15) is 41.5 Å². The van der Waals surface area contributed by atoms with Gasteiger partial charge in [0.15, 0.2) is 34.7 Å². The molecule has 2 aromatic heterocycles. The zero-order valence-electron chi connectivity index (χ0n) is 51.1. The number of Topliss-reactive ketones (excluding diaryl/α,β-unsaturated/α-hetero) is 6. The molecular formula is C63H71N7O15S4. The number of carboxylic acids is 1. The number of ketones is 6. The van der Waals surface area contributed by atoms with Crippen molar-refractivity contribution in [2.45, 2.75) is 156 Å². The standard InChI is InChI=1S/C25H30N4O6S.C21H22N2O4S.C17H19NO5S2/c1-5-27-11-12-28(22(34)21(27)33)24(35)26-18(15-9-7-6-8-10-15)17(31)13-16-20(32)29-19(14(2)30)25(3,4)36-23(16)29;1-11(24)18-21(3,4)28-20-14(19(26)23(18)20)10-15(25)16-12(2)27-22-17(16)13-8-6-5-7-9-13;1-8(19)13-17(2,3)25-15-10(14(21)18(13)15)6-11(20)12(16(22)23)9-4-5-24-7-9/h6-10,16,18-19,23H,5,11-13H2,1-4H3,(H,26,35);5-9,14,18,20H,10H2,1-4H3;4-5,7,10,12-13,15H,6H2,1-3H3,(H,22,23)/t16-,18?,19+,23-;14-,18+,20-;10-,12?,13+,15-/m111/s1. The Morgan fingerprint density at radius 3 is 1.53 bits per heavy atom. The van der Waals surface area contributed by atoms with Crippen LogP contribution in [0.1, 0.15) is 128 Å².